The predicted octanol–water partition coefficient (Wildman–Crippen LogP) is 5.70. The minimum atomic E-state index is -1.42. The van der Waals surface area contributed by atoms with Crippen molar-refractivity contribution in [3.8, 4) is 11.1 Å². The van der Waals surface area contributed by atoms with E-state index in [0.717, 1.165) is 27.8 Å². The maximum atomic E-state index is 12.2. The highest BCUT2D eigenvalue weighted by molar-refractivity contribution is 6.38. The fraction of sp³-hybridized carbons (Fsp3) is 0.107. The van der Waals surface area contributed by atoms with Gasteiger partial charge in [-0.05, 0) is 58.7 Å². The molecule has 0 saturated carbocycles. The molecule has 0 aliphatic heterocycles. The molecule has 0 atom stereocenters. The van der Waals surface area contributed by atoms with Gasteiger partial charge >= 0.3 is 0 Å². The maximum Gasteiger partial charge on any atom is 0.140 e. The monoisotopic (exact) mass is 466 g/mol. The van der Waals surface area contributed by atoms with E-state index in [1.807, 2.05) is 91.8 Å². The smallest absolute Gasteiger partial charge is 0.140 e. The van der Waals surface area contributed by atoms with Gasteiger partial charge in [-0.1, -0.05) is 48.0 Å². The highest BCUT2D eigenvalue weighted by Gasteiger charge is 2.34. The van der Waals surface area contributed by atoms with E-state index in [-0.39, 0.29) is 0 Å². The van der Waals surface area contributed by atoms with E-state index in [1.165, 1.54) is 0 Å². The van der Waals surface area contributed by atoms with Crippen molar-refractivity contribution < 1.29 is 5.11 Å². The van der Waals surface area contributed by atoms with Crippen LogP contribution in [-0.4, -0.2) is 34.2 Å². The van der Waals surface area contributed by atoms with E-state index >= 15 is 0 Å². The van der Waals surface area contributed by atoms with E-state index in [2.05, 4.69) is 9.97 Å². The number of aromatic nitrogens is 3. The van der Waals surface area contributed by atoms with Crippen LogP contribution in [0.3, 0.4) is 0 Å². The van der Waals surface area contributed by atoms with Crippen LogP contribution in [0.4, 0.5) is 5.82 Å². The number of rotatable bonds is 5. The molecule has 0 aliphatic rings. The lowest BCUT2D eigenvalue weighted by Crippen LogP contribution is -2.29. The van der Waals surface area contributed by atoms with Gasteiger partial charge in [0.2, 0.25) is 0 Å². The Bertz CT molecular complexity index is 1400. The molecule has 0 saturated heterocycles. The Balaban J connectivity index is 1.80. The largest absolute Gasteiger partial charge is 0.376 e. The van der Waals surface area contributed by atoms with Crippen molar-refractivity contribution >= 4 is 28.3 Å². The summed E-state index contributed by atoms with van der Waals surface area (Å²) in [5.41, 5.74) is 3.25. The first kappa shape index (κ1) is 22.0. The molecule has 0 bridgehead atoms. The van der Waals surface area contributed by atoms with Gasteiger partial charge in [0, 0.05) is 49.8 Å². The third kappa shape index (κ3) is 3.69. The van der Waals surface area contributed by atoms with Crippen molar-refractivity contribution in [3.63, 3.8) is 0 Å². The molecule has 0 spiro atoms. The quantitative estimate of drug-likeness (QED) is 0.360. The van der Waals surface area contributed by atoms with Crippen LogP contribution >= 0.6 is 11.6 Å². The van der Waals surface area contributed by atoms with Crippen molar-refractivity contribution in [2.75, 3.05) is 19.0 Å². The summed E-state index contributed by atoms with van der Waals surface area (Å²) < 4.78 is 0. The molecule has 2 aromatic carbocycles. The summed E-state index contributed by atoms with van der Waals surface area (Å²) >= 11 is 7.07. The first-order valence-corrected chi connectivity index (χ1v) is 11.3. The van der Waals surface area contributed by atoms with Crippen LogP contribution in [0.5, 0.6) is 0 Å². The first-order chi connectivity index (χ1) is 16.5. The molecule has 5 nitrogen and oxygen atoms in total. The third-order valence-corrected chi connectivity index (χ3v) is 6.40. The molecule has 3 aromatic heterocycles. The van der Waals surface area contributed by atoms with E-state index < -0.39 is 5.60 Å². The lowest BCUT2D eigenvalue weighted by atomic mass is 9.80. The van der Waals surface area contributed by atoms with E-state index in [4.69, 9.17) is 16.6 Å². The third-order valence-electron chi connectivity index (χ3n) is 6.00. The lowest BCUT2D eigenvalue weighted by molar-refractivity contribution is 0.125. The number of benzene rings is 2. The minimum absolute atomic E-state index is 0.591. The van der Waals surface area contributed by atoms with E-state index in [1.54, 1.807) is 24.8 Å². The zero-order valence-electron chi connectivity index (χ0n) is 18.9. The molecule has 3 heterocycles. The Kier molecular flexibility index (Phi) is 5.74. The standard InChI is InChI=1S/C28H23ClN4O/c1-33(2)27-25(19-6-4-3-5-7-19)26(29)23-18-22(8-9-24(23)32-27)28(34,20-10-14-30-15-11-20)21-12-16-31-17-13-21/h3-18,34H,1-2H3. The molecule has 6 heteroatoms. The summed E-state index contributed by atoms with van der Waals surface area (Å²) in [5.74, 6) is 0.787. The van der Waals surface area contributed by atoms with Crippen LogP contribution in [0.15, 0.2) is 97.6 Å². The Morgan fingerprint density at radius 2 is 1.35 bits per heavy atom. The molecule has 168 valence electrons. The van der Waals surface area contributed by atoms with Gasteiger partial charge in [0.25, 0.3) is 0 Å². The van der Waals surface area contributed by atoms with Crippen LogP contribution in [-0.2, 0) is 5.60 Å². The van der Waals surface area contributed by atoms with Crippen molar-refractivity contribution in [2.45, 2.75) is 5.60 Å². The minimum Gasteiger partial charge on any atom is -0.376 e. The Morgan fingerprint density at radius 3 is 1.91 bits per heavy atom. The molecule has 34 heavy (non-hydrogen) atoms. The van der Waals surface area contributed by atoms with E-state index in [9.17, 15) is 5.11 Å². The lowest BCUT2D eigenvalue weighted by Gasteiger charge is -2.30. The van der Waals surface area contributed by atoms with Gasteiger partial charge in [-0.3, -0.25) is 9.97 Å². The number of pyridine rings is 3. The highest BCUT2D eigenvalue weighted by atomic mass is 35.5. The summed E-state index contributed by atoms with van der Waals surface area (Å²) in [7, 11) is 3.91. The first-order valence-electron chi connectivity index (χ1n) is 10.9. The van der Waals surface area contributed by atoms with Crippen molar-refractivity contribution in [3.05, 3.63) is 119 Å². The summed E-state index contributed by atoms with van der Waals surface area (Å²) in [6.07, 6.45) is 6.70. The van der Waals surface area contributed by atoms with Crippen LogP contribution in [0.1, 0.15) is 16.7 Å². The molecular formula is C28H23ClN4O. The normalized spacial score (nSPS) is 11.5. The van der Waals surface area contributed by atoms with Gasteiger partial charge in [-0.2, -0.15) is 0 Å². The second-order valence-electron chi connectivity index (χ2n) is 8.30. The van der Waals surface area contributed by atoms with Crippen molar-refractivity contribution in [2.24, 2.45) is 0 Å². The van der Waals surface area contributed by atoms with Gasteiger partial charge in [-0.15, -0.1) is 0 Å². The van der Waals surface area contributed by atoms with Gasteiger partial charge in [0.1, 0.15) is 11.4 Å². The summed E-state index contributed by atoms with van der Waals surface area (Å²) in [4.78, 5) is 15.1. The van der Waals surface area contributed by atoms with Crippen LogP contribution in [0, 0.1) is 0 Å². The fourth-order valence-corrected chi connectivity index (χ4v) is 4.65. The van der Waals surface area contributed by atoms with Crippen LogP contribution in [0.2, 0.25) is 5.02 Å². The van der Waals surface area contributed by atoms with Crippen LogP contribution < -0.4 is 4.90 Å². The van der Waals surface area contributed by atoms with Gasteiger partial charge in [0.15, 0.2) is 0 Å². The number of nitrogens with zero attached hydrogens (tertiary/aromatic N) is 4. The second kappa shape index (κ2) is 8.86. The topological polar surface area (TPSA) is 62.1 Å². The molecular weight excluding hydrogens is 444 g/mol. The Morgan fingerprint density at radius 1 is 0.765 bits per heavy atom. The van der Waals surface area contributed by atoms with Gasteiger partial charge in [-0.25, -0.2) is 4.98 Å². The molecule has 0 fully saturated rings. The molecule has 1 N–H and O–H groups in total. The molecule has 5 rings (SSSR count). The average molecular weight is 467 g/mol. The number of halogens is 1. The molecule has 0 unspecified atom stereocenters. The molecule has 5 aromatic rings. The van der Waals surface area contributed by atoms with Crippen molar-refractivity contribution in [1.29, 1.82) is 0 Å². The summed E-state index contributed by atoms with van der Waals surface area (Å²) in [5, 5.41) is 13.5. The van der Waals surface area contributed by atoms with E-state index in [0.29, 0.717) is 21.7 Å². The maximum absolute atomic E-state index is 12.2. The number of aliphatic hydroxyl groups is 1. The number of anilines is 1. The number of hydrogen-bond donors (Lipinski definition) is 1. The van der Waals surface area contributed by atoms with Gasteiger partial charge in [0.05, 0.1) is 10.5 Å². The van der Waals surface area contributed by atoms with Crippen molar-refractivity contribution in [1.82, 2.24) is 15.0 Å². The molecule has 0 aliphatic carbocycles. The summed E-state index contributed by atoms with van der Waals surface area (Å²) in [6.45, 7) is 0. The summed E-state index contributed by atoms with van der Waals surface area (Å²) in [6, 6.07) is 23.0. The SMILES string of the molecule is CN(C)c1nc2ccc(C(O)(c3ccncc3)c3ccncc3)cc2c(Cl)c1-c1ccccc1. The molecule has 0 amide bonds. The Hall–Kier alpha value is -3.80. The second-order valence-corrected chi connectivity index (χ2v) is 8.68. The zero-order chi connectivity index (χ0) is 23.7. The fourth-order valence-electron chi connectivity index (χ4n) is 4.31. The number of hydrogen-bond acceptors (Lipinski definition) is 5. The predicted molar refractivity (Wildman–Crippen MR) is 137 cm³/mol. The van der Waals surface area contributed by atoms with Gasteiger partial charge < -0.3 is 10.0 Å². The highest BCUT2D eigenvalue weighted by Crippen LogP contribution is 2.42. The molecule has 0 radical (unpaired) electrons. The zero-order valence-corrected chi connectivity index (χ0v) is 19.6. The average Bonchev–Trinajstić information content (AvgIpc) is 2.89. The van der Waals surface area contributed by atoms with Crippen LogP contribution in [0.25, 0.3) is 22.0 Å². The Labute approximate surface area is 203 Å². The number of fused-ring (bicyclic) bond motifs is 1.